The lowest BCUT2D eigenvalue weighted by molar-refractivity contribution is -0.141. The van der Waals surface area contributed by atoms with Crippen molar-refractivity contribution in [2.75, 3.05) is 6.54 Å². The lowest BCUT2D eigenvalue weighted by atomic mass is 9.81. The van der Waals surface area contributed by atoms with E-state index in [4.69, 9.17) is 10.5 Å². The summed E-state index contributed by atoms with van der Waals surface area (Å²) >= 11 is 0. The second kappa shape index (κ2) is 18.2. The van der Waals surface area contributed by atoms with Crippen molar-refractivity contribution in [3.8, 4) is 0 Å². The third-order valence-corrected chi connectivity index (χ3v) is 8.13. The van der Waals surface area contributed by atoms with E-state index in [1.165, 1.54) is 0 Å². The minimum absolute atomic E-state index is 0.0393. The largest absolute Gasteiger partial charge is 0.444 e. The van der Waals surface area contributed by atoms with Crippen LogP contribution in [0.3, 0.4) is 0 Å². The fourth-order valence-electron chi connectivity index (χ4n) is 5.53. The Labute approximate surface area is 290 Å². The van der Waals surface area contributed by atoms with Gasteiger partial charge in [-0.25, -0.2) is 9.59 Å². The van der Waals surface area contributed by atoms with Gasteiger partial charge in [0.05, 0.1) is 6.10 Å². The highest BCUT2D eigenvalue weighted by Gasteiger charge is 2.50. The smallest absolute Gasteiger partial charge is 0.408 e. The number of ether oxygens (including phenoxy) is 1. The second-order valence-electron chi connectivity index (χ2n) is 13.9. The molecule has 10 nitrogen and oxygen atoms in total. The number of aliphatic hydroxyl groups excluding tert-OH is 1. The lowest BCUT2D eigenvalue weighted by Gasteiger charge is -2.41. The number of alkyl carbamates (subject to hydrolysis) is 1. The molecule has 5 amide bonds. The SMILES string of the molecule is CC(C)CCN(C(=O)N[C@@H](Cc1ccccc1)C(N)=O)C(=O)[C@@](Cc1ccccc1)(NC(=O)OC(C)(C)C)[C@H](O)CCCc1ccccc1. The number of carbonyl (C=O) groups excluding carboxylic acids is 4. The summed E-state index contributed by atoms with van der Waals surface area (Å²) in [6, 6.07) is 25.8. The van der Waals surface area contributed by atoms with Gasteiger partial charge < -0.3 is 26.2 Å². The minimum Gasteiger partial charge on any atom is -0.444 e. The maximum absolute atomic E-state index is 15.0. The quantitative estimate of drug-likeness (QED) is 0.157. The molecule has 0 radical (unpaired) electrons. The number of primary amides is 1. The molecule has 0 spiro atoms. The summed E-state index contributed by atoms with van der Waals surface area (Å²) in [6.45, 7) is 8.96. The van der Waals surface area contributed by atoms with Gasteiger partial charge in [0.25, 0.3) is 5.91 Å². The number of nitrogens with two attached hydrogens (primary N) is 1. The molecule has 3 aromatic rings. The van der Waals surface area contributed by atoms with Crippen LogP contribution in [-0.4, -0.2) is 63.8 Å². The summed E-state index contributed by atoms with van der Waals surface area (Å²) < 4.78 is 5.61. The Morgan fingerprint density at radius 1 is 0.816 bits per heavy atom. The van der Waals surface area contributed by atoms with Crippen molar-refractivity contribution in [2.24, 2.45) is 11.7 Å². The molecule has 3 rings (SSSR count). The molecular formula is C39H52N4O6. The Balaban J connectivity index is 2.07. The van der Waals surface area contributed by atoms with E-state index in [1.54, 1.807) is 45.0 Å². The topological polar surface area (TPSA) is 151 Å². The first kappa shape index (κ1) is 38.7. The first-order valence-electron chi connectivity index (χ1n) is 16.9. The molecule has 0 saturated carbocycles. The average Bonchev–Trinajstić information content (AvgIpc) is 3.04. The van der Waals surface area contributed by atoms with E-state index in [2.05, 4.69) is 10.6 Å². The van der Waals surface area contributed by atoms with Crippen LogP contribution < -0.4 is 16.4 Å². The van der Waals surface area contributed by atoms with Gasteiger partial charge >= 0.3 is 12.1 Å². The van der Waals surface area contributed by atoms with Crippen LogP contribution >= 0.6 is 0 Å². The number of hydrogen-bond donors (Lipinski definition) is 4. The number of carbonyl (C=O) groups is 4. The molecule has 264 valence electrons. The van der Waals surface area contributed by atoms with Gasteiger partial charge in [-0.05, 0) is 69.1 Å². The van der Waals surface area contributed by atoms with Crippen molar-refractivity contribution in [2.45, 2.75) is 96.4 Å². The summed E-state index contributed by atoms with van der Waals surface area (Å²) in [5.41, 5.74) is 5.27. The Kier molecular flexibility index (Phi) is 14.4. The highest BCUT2D eigenvalue weighted by molar-refractivity contribution is 6.02. The van der Waals surface area contributed by atoms with Crippen LogP contribution in [-0.2, 0) is 33.6 Å². The molecule has 3 aromatic carbocycles. The van der Waals surface area contributed by atoms with Crippen LogP contribution in [0, 0.1) is 5.92 Å². The number of nitrogens with zero attached hydrogens (tertiary/aromatic N) is 1. The zero-order valence-electron chi connectivity index (χ0n) is 29.4. The Hall–Kier alpha value is -4.70. The molecule has 5 N–H and O–H groups in total. The molecule has 0 aliphatic carbocycles. The number of aliphatic hydroxyl groups is 1. The van der Waals surface area contributed by atoms with E-state index in [-0.39, 0.29) is 31.7 Å². The minimum atomic E-state index is -2.02. The molecular weight excluding hydrogens is 620 g/mol. The van der Waals surface area contributed by atoms with E-state index in [0.717, 1.165) is 16.0 Å². The number of amides is 5. The van der Waals surface area contributed by atoms with Crippen molar-refractivity contribution >= 4 is 23.9 Å². The van der Waals surface area contributed by atoms with Crippen LogP contribution in [0.5, 0.6) is 0 Å². The highest BCUT2D eigenvalue weighted by Crippen LogP contribution is 2.27. The Morgan fingerprint density at radius 3 is 1.86 bits per heavy atom. The van der Waals surface area contributed by atoms with Crippen LogP contribution in [0.4, 0.5) is 9.59 Å². The van der Waals surface area contributed by atoms with Crippen molar-refractivity contribution in [3.63, 3.8) is 0 Å². The number of urea groups is 1. The highest BCUT2D eigenvalue weighted by atomic mass is 16.6. The van der Waals surface area contributed by atoms with Crippen molar-refractivity contribution in [3.05, 3.63) is 108 Å². The molecule has 0 aliphatic heterocycles. The van der Waals surface area contributed by atoms with Crippen LogP contribution in [0.2, 0.25) is 0 Å². The zero-order valence-corrected chi connectivity index (χ0v) is 29.4. The summed E-state index contributed by atoms with van der Waals surface area (Å²) in [7, 11) is 0. The van der Waals surface area contributed by atoms with Gasteiger partial charge in [0.1, 0.15) is 11.6 Å². The number of nitrogens with one attached hydrogen (secondary N) is 2. The van der Waals surface area contributed by atoms with E-state index < -0.39 is 47.2 Å². The van der Waals surface area contributed by atoms with Crippen molar-refractivity contribution < 1.29 is 29.0 Å². The normalized spacial score (nSPS) is 13.9. The predicted octanol–water partition coefficient (Wildman–Crippen LogP) is 5.56. The summed E-state index contributed by atoms with van der Waals surface area (Å²) in [5.74, 6) is -1.50. The van der Waals surface area contributed by atoms with E-state index in [0.29, 0.717) is 24.8 Å². The van der Waals surface area contributed by atoms with Crippen LogP contribution in [0.25, 0.3) is 0 Å². The monoisotopic (exact) mass is 672 g/mol. The van der Waals surface area contributed by atoms with Gasteiger partial charge in [-0.15, -0.1) is 0 Å². The van der Waals surface area contributed by atoms with Gasteiger partial charge in [-0.2, -0.15) is 0 Å². The van der Waals surface area contributed by atoms with E-state index >= 15 is 4.79 Å². The molecule has 0 aliphatic rings. The molecule has 10 heteroatoms. The standard InChI is InChI=1S/C39H52N4O6/c1-28(2)24-25-43(36(47)41-32(34(40)45)26-30-18-11-7-12-19-30)35(46)39(27-31-20-13-8-14-21-31,42-37(48)49-38(3,4)5)33(44)23-15-22-29-16-9-6-10-17-29/h6-14,16-21,28,32-33,44H,15,22-27H2,1-5H3,(H2,40,45)(H,41,47)(H,42,48)/t32-,33+,39-/m0/s1. The average molecular weight is 673 g/mol. The molecule has 3 atom stereocenters. The first-order valence-corrected chi connectivity index (χ1v) is 16.9. The number of hydrogen-bond acceptors (Lipinski definition) is 6. The van der Waals surface area contributed by atoms with Crippen LogP contribution in [0.15, 0.2) is 91.0 Å². The lowest BCUT2D eigenvalue weighted by Crippen LogP contribution is -2.69. The predicted molar refractivity (Wildman–Crippen MR) is 190 cm³/mol. The Morgan fingerprint density at radius 2 is 1.35 bits per heavy atom. The molecule has 49 heavy (non-hydrogen) atoms. The molecule has 0 unspecified atom stereocenters. The molecule has 0 heterocycles. The summed E-state index contributed by atoms with van der Waals surface area (Å²) in [5, 5.41) is 17.5. The number of rotatable bonds is 16. The fraction of sp³-hybridized carbons (Fsp3) is 0.436. The zero-order chi connectivity index (χ0) is 36.0. The maximum atomic E-state index is 15.0. The van der Waals surface area contributed by atoms with Gasteiger partial charge in [0.2, 0.25) is 5.91 Å². The number of imide groups is 1. The second-order valence-corrected chi connectivity index (χ2v) is 13.9. The van der Waals surface area contributed by atoms with Crippen molar-refractivity contribution in [1.29, 1.82) is 0 Å². The van der Waals surface area contributed by atoms with Gasteiger partial charge in [-0.3, -0.25) is 14.5 Å². The number of benzene rings is 3. The van der Waals surface area contributed by atoms with Gasteiger partial charge in [0, 0.05) is 19.4 Å². The van der Waals surface area contributed by atoms with Gasteiger partial charge in [-0.1, -0.05) is 105 Å². The summed E-state index contributed by atoms with van der Waals surface area (Å²) in [4.78, 5) is 56.2. The first-order chi connectivity index (χ1) is 23.2. The molecule has 0 bridgehead atoms. The van der Waals surface area contributed by atoms with Crippen LogP contribution in [0.1, 0.15) is 70.6 Å². The van der Waals surface area contributed by atoms with E-state index in [1.807, 2.05) is 80.6 Å². The third-order valence-electron chi connectivity index (χ3n) is 8.13. The number of aryl methyl sites for hydroxylation is 1. The fourth-order valence-corrected chi connectivity index (χ4v) is 5.53. The van der Waals surface area contributed by atoms with E-state index in [9.17, 15) is 19.5 Å². The molecule has 0 aromatic heterocycles. The Bertz CT molecular complexity index is 1490. The van der Waals surface area contributed by atoms with Crippen molar-refractivity contribution in [1.82, 2.24) is 15.5 Å². The molecule has 0 saturated heterocycles. The maximum Gasteiger partial charge on any atom is 0.408 e. The third kappa shape index (κ3) is 12.4. The molecule has 0 fully saturated rings. The van der Waals surface area contributed by atoms with Gasteiger partial charge in [0.15, 0.2) is 5.54 Å². The summed E-state index contributed by atoms with van der Waals surface area (Å²) in [6.07, 6.45) is -0.697.